The molecule has 0 saturated heterocycles. The lowest BCUT2D eigenvalue weighted by molar-refractivity contribution is 0.709. The monoisotopic (exact) mass is 240 g/mol. The summed E-state index contributed by atoms with van der Waals surface area (Å²) in [6.07, 6.45) is 2.53. The second-order valence-corrected chi connectivity index (χ2v) is 3.90. The Morgan fingerprint density at radius 2 is 2.46 bits per heavy atom. The van der Waals surface area contributed by atoms with Crippen LogP contribution in [0.25, 0.3) is 0 Å². The topological polar surface area (TPSA) is 38.9 Å². The van der Waals surface area contributed by atoms with E-state index in [1.165, 1.54) is 0 Å². The molecule has 1 aromatic heterocycles. The van der Waals surface area contributed by atoms with Gasteiger partial charge in [-0.3, -0.25) is 0 Å². The Bertz CT molecular complexity index is 310. The molecule has 13 heavy (non-hydrogen) atoms. The highest BCUT2D eigenvalue weighted by molar-refractivity contribution is 9.10. The third-order valence-corrected chi connectivity index (χ3v) is 2.42. The molecule has 0 spiro atoms. The van der Waals surface area contributed by atoms with Crippen LogP contribution in [0.4, 0.5) is 0 Å². The van der Waals surface area contributed by atoms with Gasteiger partial charge in [0.1, 0.15) is 4.60 Å². The molecule has 1 rings (SSSR count). The second-order valence-electron chi connectivity index (χ2n) is 3.15. The average Bonchev–Trinajstić information content (AvgIpc) is 2.03. The molecule has 0 fully saturated rings. The van der Waals surface area contributed by atoms with Gasteiger partial charge in [0.05, 0.1) is 0 Å². The Balaban J connectivity index is 2.82. The maximum atomic E-state index is 5.97. The number of pyridine rings is 1. The fourth-order valence-electron chi connectivity index (χ4n) is 1.16. The maximum Gasteiger partial charge on any atom is 0.110 e. The van der Waals surface area contributed by atoms with Crippen molar-refractivity contribution in [1.82, 2.24) is 4.98 Å². The Labute approximate surface area is 87.0 Å². The summed E-state index contributed by atoms with van der Waals surface area (Å²) in [6, 6.07) is 3.85. The van der Waals surface area contributed by atoms with Crippen molar-refractivity contribution in [2.24, 2.45) is 5.73 Å². The van der Waals surface area contributed by atoms with Crippen LogP contribution in [0.3, 0.4) is 0 Å². The van der Waals surface area contributed by atoms with Gasteiger partial charge in [0, 0.05) is 17.8 Å². The maximum absolute atomic E-state index is 5.97. The van der Waals surface area contributed by atoms with Crippen molar-refractivity contribution in [3.05, 3.63) is 40.6 Å². The highest BCUT2D eigenvalue weighted by atomic mass is 79.9. The van der Waals surface area contributed by atoms with Crippen molar-refractivity contribution < 1.29 is 0 Å². The van der Waals surface area contributed by atoms with E-state index in [1.54, 1.807) is 6.20 Å². The minimum absolute atomic E-state index is 0.0134. The van der Waals surface area contributed by atoms with E-state index in [0.717, 1.165) is 22.2 Å². The standard InChI is InChI=1S/C10H13BrN2/c1-7(2)6-9(12)8-4-3-5-13-10(8)11/h3-5,9H,1,6,12H2,2H3/t9-/m0/s1. The third kappa shape index (κ3) is 2.94. The van der Waals surface area contributed by atoms with Crippen LogP contribution in [0.2, 0.25) is 0 Å². The van der Waals surface area contributed by atoms with Crippen LogP contribution < -0.4 is 5.73 Å². The molecular weight excluding hydrogens is 228 g/mol. The van der Waals surface area contributed by atoms with E-state index < -0.39 is 0 Å². The van der Waals surface area contributed by atoms with Gasteiger partial charge < -0.3 is 5.73 Å². The zero-order valence-corrected chi connectivity index (χ0v) is 9.21. The zero-order chi connectivity index (χ0) is 9.84. The van der Waals surface area contributed by atoms with Gasteiger partial charge in [-0.2, -0.15) is 0 Å². The number of hydrogen-bond donors (Lipinski definition) is 1. The first kappa shape index (κ1) is 10.4. The van der Waals surface area contributed by atoms with Crippen molar-refractivity contribution >= 4 is 15.9 Å². The number of rotatable bonds is 3. The van der Waals surface area contributed by atoms with E-state index in [4.69, 9.17) is 5.73 Å². The van der Waals surface area contributed by atoms with E-state index >= 15 is 0 Å². The van der Waals surface area contributed by atoms with Gasteiger partial charge in [-0.25, -0.2) is 4.98 Å². The number of halogens is 1. The quantitative estimate of drug-likeness (QED) is 0.652. The van der Waals surface area contributed by atoms with Gasteiger partial charge in [-0.05, 0) is 35.3 Å². The Morgan fingerprint density at radius 1 is 1.77 bits per heavy atom. The summed E-state index contributed by atoms with van der Waals surface area (Å²) in [5.74, 6) is 0. The molecule has 3 heteroatoms. The molecule has 0 radical (unpaired) electrons. The summed E-state index contributed by atoms with van der Waals surface area (Å²) >= 11 is 3.37. The molecular formula is C10H13BrN2. The summed E-state index contributed by atoms with van der Waals surface area (Å²) in [5.41, 5.74) is 8.09. The number of nitrogens with zero attached hydrogens (tertiary/aromatic N) is 1. The highest BCUT2D eigenvalue weighted by Crippen LogP contribution is 2.23. The predicted octanol–water partition coefficient (Wildman–Crippen LogP) is 2.81. The lowest BCUT2D eigenvalue weighted by atomic mass is 10.0. The summed E-state index contributed by atoms with van der Waals surface area (Å²) in [7, 11) is 0. The van der Waals surface area contributed by atoms with Gasteiger partial charge in [0.2, 0.25) is 0 Å². The minimum atomic E-state index is -0.0134. The molecule has 0 aliphatic heterocycles. The fourth-order valence-corrected chi connectivity index (χ4v) is 1.70. The fraction of sp³-hybridized carbons (Fsp3) is 0.300. The minimum Gasteiger partial charge on any atom is -0.324 e. The van der Waals surface area contributed by atoms with Gasteiger partial charge in [-0.15, -0.1) is 6.58 Å². The Kier molecular flexibility index (Phi) is 3.63. The molecule has 0 amide bonds. The average molecular weight is 241 g/mol. The van der Waals surface area contributed by atoms with Crippen LogP contribution in [0, 0.1) is 0 Å². The Morgan fingerprint density at radius 3 is 3.00 bits per heavy atom. The smallest absolute Gasteiger partial charge is 0.110 e. The first-order valence-corrected chi connectivity index (χ1v) is 4.91. The normalized spacial score (nSPS) is 12.5. The van der Waals surface area contributed by atoms with Crippen LogP contribution in [-0.2, 0) is 0 Å². The molecule has 0 saturated carbocycles. The summed E-state index contributed by atoms with van der Waals surface area (Å²) in [5, 5.41) is 0. The molecule has 1 atom stereocenters. The lowest BCUT2D eigenvalue weighted by Crippen LogP contribution is -2.11. The molecule has 2 nitrogen and oxygen atoms in total. The van der Waals surface area contributed by atoms with E-state index in [1.807, 2.05) is 19.1 Å². The lowest BCUT2D eigenvalue weighted by Gasteiger charge is -2.12. The number of aromatic nitrogens is 1. The second kappa shape index (κ2) is 4.53. The van der Waals surface area contributed by atoms with Crippen molar-refractivity contribution in [2.75, 3.05) is 0 Å². The third-order valence-electron chi connectivity index (χ3n) is 1.76. The van der Waals surface area contributed by atoms with Crippen molar-refractivity contribution in [3.8, 4) is 0 Å². The van der Waals surface area contributed by atoms with Crippen molar-refractivity contribution in [1.29, 1.82) is 0 Å². The number of nitrogens with two attached hydrogens (primary N) is 1. The molecule has 1 heterocycles. The van der Waals surface area contributed by atoms with Gasteiger partial charge in [0.25, 0.3) is 0 Å². The molecule has 70 valence electrons. The summed E-state index contributed by atoms with van der Waals surface area (Å²) < 4.78 is 0.823. The van der Waals surface area contributed by atoms with E-state index in [0.29, 0.717) is 0 Å². The first-order valence-electron chi connectivity index (χ1n) is 4.11. The molecule has 0 bridgehead atoms. The van der Waals surface area contributed by atoms with Crippen LogP contribution in [-0.4, -0.2) is 4.98 Å². The van der Waals surface area contributed by atoms with Crippen LogP contribution in [0.15, 0.2) is 35.1 Å². The molecule has 0 unspecified atom stereocenters. The van der Waals surface area contributed by atoms with Crippen molar-refractivity contribution in [2.45, 2.75) is 19.4 Å². The van der Waals surface area contributed by atoms with Gasteiger partial charge in [0.15, 0.2) is 0 Å². The van der Waals surface area contributed by atoms with E-state index in [-0.39, 0.29) is 6.04 Å². The molecule has 0 aliphatic rings. The van der Waals surface area contributed by atoms with Gasteiger partial charge >= 0.3 is 0 Å². The van der Waals surface area contributed by atoms with Crippen LogP contribution >= 0.6 is 15.9 Å². The molecule has 2 N–H and O–H groups in total. The number of hydrogen-bond acceptors (Lipinski definition) is 2. The predicted molar refractivity (Wildman–Crippen MR) is 58.3 cm³/mol. The van der Waals surface area contributed by atoms with Crippen LogP contribution in [0.1, 0.15) is 24.9 Å². The molecule has 0 aliphatic carbocycles. The summed E-state index contributed by atoms with van der Waals surface area (Å²) in [4.78, 5) is 4.11. The Hall–Kier alpha value is -0.670. The molecule has 0 aromatic carbocycles. The van der Waals surface area contributed by atoms with Gasteiger partial charge in [-0.1, -0.05) is 11.6 Å². The zero-order valence-electron chi connectivity index (χ0n) is 7.63. The van der Waals surface area contributed by atoms with Crippen LogP contribution in [0.5, 0.6) is 0 Å². The van der Waals surface area contributed by atoms with E-state index in [2.05, 4.69) is 27.5 Å². The first-order chi connectivity index (χ1) is 6.11. The van der Waals surface area contributed by atoms with E-state index in [9.17, 15) is 0 Å². The largest absolute Gasteiger partial charge is 0.324 e. The SMILES string of the molecule is C=C(C)C[C@H](N)c1cccnc1Br. The molecule has 1 aromatic rings. The van der Waals surface area contributed by atoms with Crippen molar-refractivity contribution in [3.63, 3.8) is 0 Å². The highest BCUT2D eigenvalue weighted by Gasteiger charge is 2.09. The summed E-state index contributed by atoms with van der Waals surface area (Å²) in [6.45, 7) is 5.81.